The number of ether oxygens (including phenoxy) is 1. The number of rotatable bonds is 4. The number of hydrogen-bond donors (Lipinski definition) is 0. The van der Waals surface area contributed by atoms with Crippen LogP contribution in [0.5, 0.6) is 0 Å². The molecule has 0 radical (unpaired) electrons. The standard InChI is InChI=1S/C14H30O/c1-12(2,3)9-14(7,8)11-15-10-13(4,5)6/h9-11H2,1-8H3. The molecule has 0 aliphatic heterocycles. The molecule has 92 valence electrons. The topological polar surface area (TPSA) is 9.23 Å². The summed E-state index contributed by atoms with van der Waals surface area (Å²) in [5, 5.41) is 0. The lowest BCUT2D eigenvalue weighted by atomic mass is 9.77. The van der Waals surface area contributed by atoms with E-state index in [1.807, 2.05) is 0 Å². The van der Waals surface area contributed by atoms with E-state index in [0.717, 1.165) is 13.2 Å². The zero-order valence-electron chi connectivity index (χ0n) is 12.0. The average molecular weight is 214 g/mol. The molecule has 0 aliphatic rings. The maximum absolute atomic E-state index is 5.81. The van der Waals surface area contributed by atoms with Gasteiger partial charge < -0.3 is 4.74 Å². The van der Waals surface area contributed by atoms with E-state index in [-0.39, 0.29) is 10.8 Å². The van der Waals surface area contributed by atoms with Gasteiger partial charge in [0.2, 0.25) is 0 Å². The van der Waals surface area contributed by atoms with Crippen LogP contribution in [0.15, 0.2) is 0 Å². The Morgan fingerprint density at radius 1 is 0.667 bits per heavy atom. The van der Waals surface area contributed by atoms with Gasteiger partial charge in [-0.2, -0.15) is 0 Å². The number of hydrogen-bond acceptors (Lipinski definition) is 1. The van der Waals surface area contributed by atoms with Crippen LogP contribution in [0.1, 0.15) is 61.8 Å². The largest absolute Gasteiger partial charge is 0.380 e. The highest BCUT2D eigenvalue weighted by atomic mass is 16.5. The van der Waals surface area contributed by atoms with Crippen molar-refractivity contribution in [1.82, 2.24) is 0 Å². The minimum atomic E-state index is 0.276. The third-order valence-corrected chi connectivity index (χ3v) is 2.04. The Bertz CT molecular complexity index is 178. The summed E-state index contributed by atoms with van der Waals surface area (Å²) in [6.45, 7) is 19.8. The molecular weight excluding hydrogens is 184 g/mol. The maximum atomic E-state index is 5.81. The minimum Gasteiger partial charge on any atom is -0.380 e. The van der Waals surface area contributed by atoms with Gasteiger partial charge >= 0.3 is 0 Å². The van der Waals surface area contributed by atoms with Crippen molar-refractivity contribution in [3.63, 3.8) is 0 Å². The Kier molecular flexibility index (Phi) is 4.85. The molecule has 0 bridgehead atoms. The molecule has 0 fully saturated rings. The van der Waals surface area contributed by atoms with Gasteiger partial charge in [-0.3, -0.25) is 0 Å². The first-order valence-corrected chi connectivity index (χ1v) is 5.99. The van der Waals surface area contributed by atoms with Crippen molar-refractivity contribution < 1.29 is 4.74 Å². The SMILES string of the molecule is CC(C)(C)COCC(C)(C)CC(C)(C)C. The fourth-order valence-electron chi connectivity index (χ4n) is 2.12. The molecule has 15 heavy (non-hydrogen) atoms. The van der Waals surface area contributed by atoms with Crippen molar-refractivity contribution in [2.75, 3.05) is 13.2 Å². The summed E-state index contributed by atoms with van der Waals surface area (Å²) in [4.78, 5) is 0. The lowest BCUT2D eigenvalue weighted by molar-refractivity contribution is 0.00641. The van der Waals surface area contributed by atoms with Crippen molar-refractivity contribution in [1.29, 1.82) is 0 Å². The summed E-state index contributed by atoms with van der Waals surface area (Å²) in [5.41, 5.74) is 0.940. The zero-order valence-corrected chi connectivity index (χ0v) is 12.0. The first kappa shape index (κ1) is 15.0. The van der Waals surface area contributed by atoms with E-state index in [4.69, 9.17) is 4.74 Å². The van der Waals surface area contributed by atoms with Crippen LogP contribution in [0.2, 0.25) is 0 Å². The van der Waals surface area contributed by atoms with Crippen LogP contribution in [-0.2, 0) is 4.74 Å². The first-order valence-electron chi connectivity index (χ1n) is 5.99. The maximum Gasteiger partial charge on any atom is 0.0517 e. The molecule has 1 nitrogen and oxygen atoms in total. The third-order valence-electron chi connectivity index (χ3n) is 2.04. The van der Waals surface area contributed by atoms with E-state index >= 15 is 0 Å². The van der Waals surface area contributed by atoms with Gasteiger partial charge in [-0.05, 0) is 22.7 Å². The molecule has 0 saturated heterocycles. The van der Waals surface area contributed by atoms with Crippen molar-refractivity contribution in [2.24, 2.45) is 16.2 Å². The predicted molar refractivity (Wildman–Crippen MR) is 68.1 cm³/mol. The Morgan fingerprint density at radius 3 is 1.47 bits per heavy atom. The van der Waals surface area contributed by atoms with Crippen LogP contribution < -0.4 is 0 Å². The molecule has 0 unspecified atom stereocenters. The highest BCUT2D eigenvalue weighted by molar-refractivity contribution is 4.76. The Morgan fingerprint density at radius 2 is 1.13 bits per heavy atom. The Balaban J connectivity index is 3.95. The van der Waals surface area contributed by atoms with Gasteiger partial charge in [-0.1, -0.05) is 55.4 Å². The summed E-state index contributed by atoms with van der Waals surface area (Å²) in [5.74, 6) is 0. The van der Waals surface area contributed by atoms with Crippen molar-refractivity contribution in [3.05, 3.63) is 0 Å². The quantitative estimate of drug-likeness (QED) is 0.669. The van der Waals surface area contributed by atoms with Gasteiger partial charge in [0.1, 0.15) is 0 Å². The summed E-state index contributed by atoms with van der Waals surface area (Å²) in [6, 6.07) is 0. The summed E-state index contributed by atoms with van der Waals surface area (Å²) >= 11 is 0. The fourth-order valence-corrected chi connectivity index (χ4v) is 2.12. The first-order chi connectivity index (χ1) is 6.41. The molecule has 1 heteroatoms. The van der Waals surface area contributed by atoms with Crippen LogP contribution >= 0.6 is 0 Å². The van der Waals surface area contributed by atoms with Crippen LogP contribution in [0.25, 0.3) is 0 Å². The zero-order chi connectivity index (χ0) is 12.3. The lowest BCUT2D eigenvalue weighted by Gasteiger charge is -2.33. The molecule has 0 aliphatic carbocycles. The lowest BCUT2D eigenvalue weighted by Crippen LogP contribution is -2.27. The average Bonchev–Trinajstić information content (AvgIpc) is 1.75. The van der Waals surface area contributed by atoms with Gasteiger partial charge in [0.25, 0.3) is 0 Å². The van der Waals surface area contributed by atoms with E-state index in [1.54, 1.807) is 0 Å². The van der Waals surface area contributed by atoms with E-state index in [9.17, 15) is 0 Å². The molecule has 0 spiro atoms. The van der Waals surface area contributed by atoms with E-state index < -0.39 is 0 Å². The van der Waals surface area contributed by atoms with Crippen molar-refractivity contribution >= 4 is 0 Å². The van der Waals surface area contributed by atoms with Crippen LogP contribution in [-0.4, -0.2) is 13.2 Å². The summed E-state index contributed by atoms with van der Waals surface area (Å²) in [7, 11) is 0. The summed E-state index contributed by atoms with van der Waals surface area (Å²) in [6.07, 6.45) is 1.20. The molecule has 0 aromatic heterocycles. The predicted octanol–water partition coefficient (Wildman–Crippen LogP) is 4.51. The second-order valence-electron chi connectivity index (χ2n) is 7.96. The van der Waals surface area contributed by atoms with Crippen LogP contribution in [0.3, 0.4) is 0 Å². The second-order valence-corrected chi connectivity index (χ2v) is 7.96. The van der Waals surface area contributed by atoms with Crippen LogP contribution in [0.4, 0.5) is 0 Å². The van der Waals surface area contributed by atoms with Gasteiger partial charge in [-0.25, -0.2) is 0 Å². The second kappa shape index (κ2) is 4.86. The monoisotopic (exact) mass is 214 g/mol. The van der Waals surface area contributed by atoms with Gasteiger partial charge in [0, 0.05) is 0 Å². The highest BCUT2D eigenvalue weighted by Crippen LogP contribution is 2.33. The molecule has 0 aromatic rings. The molecule has 0 aromatic carbocycles. The third kappa shape index (κ3) is 10.2. The van der Waals surface area contributed by atoms with Gasteiger partial charge in [-0.15, -0.1) is 0 Å². The smallest absolute Gasteiger partial charge is 0.0517 e. The van der Waals surface area contributed by atoms with E-state index in [2.05, 4.69) is 55.4 Å². The van der Waals surface area contributed by atoms with E-state index in [1.165, 1.54) is 6.42 Å². The normalized spacial score (nSPS) is 14.4. The van der Waals surface area contributed by atoms with Crippen molar-refractivity contribution in [3.8, 4) is 0 Å². The molecule has 0 saturated carbocycles. The van der Waals surface area contributed by atoms with Gasteiger partial charge in [0.15, 0.2) is 0 Å². The van der Waals surface area contributed by atoms with Gasteiger partial charge in [0.05, 0.1) is 13.2 Å². The molecule has 0 amide bonds. The van der Waals surface area contributed by atoms with Crippen LogP contribution in [0, 0.1) is 16.2 Å². The fraction of sp³-hybridized carbons (Fsp3) is 1.00. The molecular formula is C14H30O. The molecule has 0 N–H and O–H groups in total. The highest BCUT2D eigenvalue weighted by Gasteiger charge is 2.26. The van der Waals surface area contributed by atoms with E-state index in [0.29, 0.717) is 5.41 Å². The molecule has 0 rings (SSSR count). The summed E-state index contributed by atoms with van der Waals surface area (Å²) < 4.78 is 5.81. The van der Waals surface area contributed by atoms with Crippen molar-refractivity contribution in [2.45, 2.75) is 61.8 Å². The molecule has 0 atom stereocenters. The Hall–Kier alpha value is -0.0400. The minimum absolute atomic E-state index is 0.276. The molecule has 0 heterocycles. The Labute approximate surface area is 96.6 Å².